The molecule has 0 saturated carbocycles. The molecule has 4 nitrogen and oxygen atoms in total. The van der Waals surface area contributed by atoms with Gasteiger partial charge in [-0.3, -0.25) is 0 Å². The minimum atomic E-state index is -0.941. The summed E-state index contributed by atoms with van der Waals surface area (Å²) in [6.45, 7) is 2.86. The molecule has 1 N–H and O–H groups in total. The molecule has 4 heteroatoms. The van der Waals surface area contributed by atoms with Crippen molar-refractivity contribution in [3.8, 4) is 5.75 Å². The number of aromatic carboxylic acids is 1. The van der Waals surface area contributed by atoms with Crippen molar-refractivity contribution < 1.29 is 14.6 Å². The Balaban J connectivity index is 1.82. The van der Waals surface area contributed by atoms with Crippen LogP contribution < -0.4 is 4.74 Å². The molecule has 3 rings (SSSR count). The fraction of sp³-hybridized carbons (Fsp3) is 0.316. The maximum Gasteiger partial charge on any atom is 0.335 e. The Hall–Kier alpha value is -2.49. The summed E-state index contributed by atoms with van der Waals surface area (Å²) in [5.41, 5.74) is 2.59. The second-order valence-electron chi connectivity index (χ2n) is 5.87. The fourth-order valence-corrected chi connectivity index (χ4v) is 3.14. The Morgan fingerprint density at radius 2 is 2.17 bits per heavy atom. The van der Waals surface area contributed by atoms with E-state index in [9.17, 15) is 4.79 Å². The Labute approximate surface area is 136 Å². The maximum atomic E-state index is 11.1. The average Bonchev–Trinajstić information content (AvgIpc) is 2.97. The average molecular weight is 311 g/mol. The van der Waals surface area contributed by atoms with Crippen molar-refractivity contribution in [3.63, 3.8) is 0 Å². The largest absolute Gasteiger partial charge is 0.496 e. The number of carboxylic acid groups (broad SMARTS) is 1. The molecule has 0 aromatic heterocycles. The summed E-state index contributed by atoms with van der Waals surface area (Å²) in [4.78, 5) is 13.4. The Bertz CT molecular complexity index is 703. The Morgan fingerprint density at radius 3 is 2.87 bits per heavy atom. The molecular formula is C19H21NO3. The molecule has 1 aromatic rings. The first-order valence-corrected chi connectivity index (χ1v) is 7.85. The van der Waals surface area contributed by atoms with Crippen LogP contribution in [0.2, 0.25) is 0 Å². The third kappa shape index (κ3) is 3.02. The second-order valence-corrected chi connectivity index (χ2v) is 5.87. The van der Waals surface area contributed by atoms with Crippen molar-refractivity contribution in [2.75, 3.05) is 7.11 Å². The maximum absolute atomic E-state index is 11.1. The highest BCUT2D eigenvalue weighted by molar-refractivity contribution is 5.88. The summed E-state index contributed by atoms with van der Waals surface area (Å²) in [7, 11) is 1.57. The van der Waals surface area contributed by atoms with E-state index >= 15 is 0 Å². The van der Waals surface area contributed by atoms with Crippen LogP contribution in [-0.4, -0.2) is 29.1 Å². The fourth-order valence-electron chi connectivity index (χ4n) is 3.14. The lowest BCUT2D eigenvalue weighted by molar-refractivity contribution is 0.0696. The number of rotatable bonds is 5. The first-order chi connectivity index (χ1) is 11.1. The third-order valence-corrected chi connectivity index (χ3v) is 4.49. The van der Waals surface area contributed by atoms with Crippen molar-refractivity contribution in [3.05, 3.63) is 65.4 Å². The van der Waals surface area contributed by atoms with Crippen molar-refractivity contribution in [2.45, 2.75) is 25.9 Å². The quantitative estimate of drug-likeness (QED) is 0.902. The summed E-state index contributed by atoms with van der Waals surface area (Å²) in [6.07, 6.45) is 12.1. The van der Waals surface area contributed by atoms with Gasteiger partial charge in [0.25, 0.3) is 0 Å². The molecule has 0 fully saturated rings. The SMILES string of the molecule is CCC1=CC2C(C=C1)C=CN2Cc1ccc(C(=O)O)cc1OC. The zero-order chi connectivity index (χ0) is 16.4. The lowest BCUT2D eigenvalue weighted by Crippen LogP contribution is -2.30. The van der Waals surface area contributed by atoms with Gasteiger partial charge in [-0.15, -0.1) is 0 Å². The normalized spacial score (nSPS) is 22.0. The van der Waals surface area contributed by atoms with Crippen LogP contribution in [0.1, 0.15) is 29.3 Å². The van der Waals surface area contributed by atoms with E-state index < -0.39 is 5.97 Å². The molecule has 2 aliphatic rings. The molecule has 23 heavy (non-hydrogen) atoms. The van der Waals surface area contributed by atoms with E-state index in [1.54, 1.807) is 19.2 Å². The summed E-state index contributed by atoms with van der Waals surface area (Å²) < 4.78 is 5.38. The van der Waals surface area contributed by atoms with Crippen LogP contribution in [0.25, 0.3) is 0 Å². The first-order valence-electron chi connectivity index (χ1n) is 7.85. The van der Waals surface area contributed by atoms with E-state index in [-0.39, 0.29) is 5.56 Å². The molecule has 0 bridgehead atoms. The molecule has 120 valence electrons. The van der Waals surface area contributed by atoms with E-state index in [1.165, 1.54) is 5.57 Å². The van der Waals surface area contributed by atoms with Crippen LogP contribution in [-0.2, 0) is 6.54 Å². The van der Waals surface area contributed by atoms with Gasteiger partial charge in [-0.05, 0) is 24.8 Å². The monoisotopic (exact) mass is 311 g/mol. The molecule has 1 heterocycles. The number of benzene rings is 1. The second kappa shape index (κ2) is 6.32. The lowest BCUT2D eigenvalue weighted by atomic mass is 9.92. The molecule has 2 unspecified atom stereocenters. The molecule has 0 radical (unpaired) electrons. The number of ether oxygens (including phenoxy) is 1. The van der Waals surface area contributed by atoms with Gasteiger partial charge in [0.1, 0.15) is 5.75 Å². The number of allylic oxidation sites excluding steroid dienone is 2. The van der Waals surface area contributed by atoms with E-state index in [4.69, 9.17) is 9.84 Å². The summed E-state index contributed by atoms with van der Waals surface area (Å²) in [6, 6.07) is 5.39. The predicted octanol–water partition coefficient (Wildman–Crippen LogP) is 3.61. The molecule has 1 aliphatic heterocycles. The Kier molecular flexibility index (Phi) is 4.24. The smallest absolute Gasteiger partial charge is 0.335 e. The van der Waals surface area contributed by atoms with E-state index in [1.807, 2.05) is 6.07 Å². The van der Waals surface area contributed by atoms with Crippen molar-refractivity contribution in [2.24, 2.45) is 5.92 Å². The molecule has 0 amide bonds. The highest BCUT2D eigenvalue weighted by Gasteiger charge is 2.28. The summed E-state index contributed by atoms with van der Waals surface area (Å²) in [5.74, 6) is 0.0892. The van der Waals surface area contributed by atoms with Crippen LogP contribution in [0.5, 0.6) is 5.75 Å². The van der Waals surface area contributed by atoms with Crippen LogP contribution in [0.3, 0.4) is 0 Å². The van der Waals surface area contributed by atoms with E-state index in [0.717, 1.165) is 12.0 Å². The van der Waals surface area contributed by atoms with Crippen LogP contribution in [0, 0.1) is 5.92 Å². The van der Waals surface area contributed by atoms with Crippen molar-refractivity contribution in [1.82, 2.24) is 4.90 Å². The van der Waals surface area contributed by atoms with Gasteiger partial charge < -0.3 is 14.7 Å². The van der Waals surface area contributed by atoms with Crippen LogP contribution in [0.4, 0.5) is 0 Å². The predicted molar refractivity (Wildman–Crippen MR) is 89.4 cm³/mol. The molecule has 2 atom stereocenters. The van der Waals surface area contributed by atoms with Gasteiger partial charge in [0.15, 0.2) is 0 Å². The van der Waals surface area contributed by atoms with Gasteiger partial charge >= 0.3 is 5.97 Å². The minimum Gasteiger partial charge on any atom is -0.496 e. The molecule has 1 aromatic carbocycles. The van der Waals surface area contributed by atoms with Gasteiger partial charge in [-0.25, -0.2) is 4.79 Å². The molecule has 0 saturated heterocycles. The lowest BCUT2D eigenvalue weighted by Gasteiger charge is -2.29. The first kappa shape index (κ1) is 15.4. The standard InChI is InChI=1S/C19H21NO3/c1-3-13-4-5-14-8-9-20(17(14)10-13)12-16-7-6-15(19(21)22)11-18(16)23-2/h4-11,14,17H,3,12H2,1-2H3,(H,21,22). The minimum absolute atomic E-state index is 0.245. The van der Waals surface area contributed by atoms with Gasteiger partial charge in [-0.1, -0.05) is 42.9 Å². The number of fused-ring (bicyclic) bond motifs is 1. The highest BCUT2D eigenvalue weighted by Crippen LogP contribution is 2.32. The molecular weight excluding hydrogens is 290 g/mol. The van der Waals surface area contributed by atoms with Gasteiger partial charge in [-0.2, -0.15) is 0 Å². The topological polar surface area (TPSA) is 49.8 Å². The number of hydrogen-bond acceptors (Lipinski definition) is 3. The van der Waals surface area contributed by atoms with Crippen molar-refractivity contribution >= 4 is 5.97 Å². The summed E-state index contributed by atoms with van der Waals surface area (Å²) >= 11 is 0. The van der Waals surface area contributed by atoms with Crippen LogP contribution >= 0.6 is 0 Å². The molecule has 1 aliphatic carbocycles. The Morgan fingerprint density at radius 1 is 1.35 bits per heavy atom. The highest BCUT2D eigenvalue weighted by atomic mass is 16.5. The number of carbonyl (C=O) groups is 1. The van der Waals surface area contributed by atoms with Gasteiger partial charge in [0, 0.05) is 18.0 Å². The number of nitrogens with zero attached hydrogens (tertiary/aromatic N) is 1. The number of hydrogen-bond donors (Lipinski definition) is 1. The van der Waals surface area contributed by atoms with E-state index in [2.05, 4.69) is 42.3 Å². The van der Waals surface area contributed by atoms with Gasteiger partial charge in [0.2, 0.25) is 0 Å². The van der Waals surface area contributed by atoms with Gasteiger partial charge in [0.05, 0.1) is 18.7 Å². The van der Waals surface area contributed by atoms with E-state index in [0.29, 0.717) is 24.3 Å². The molecule has 0 spiro atoms. The third-order valence-electron chi connectivity index (χ3n) is 4.49. The zero-order valence-electron chi connectivity index (χ0n) is 13.4. The number of carboxylic acids is 1. The van der Waals surface area contributed by atoms with Crippen LogP contribution in [0.15, 0.2) is 54.3 Å². The zero-order valence-corrected chi connectivity index (χ0v) is 13.4. The number of methoxy groups -OCH3 is 1. The summed E-state index contributed by atoms with van der Waals surface area (Å²) in [5, 5.41) is 9.10. The van der Waals surface area contributed by atoms with Crippen molar-refractivity contribution in [1.29, 1.82) is 0 Å².